The summed E-state index contributed by atoms with van der Waals surface area (Å²) in [7, 11) is 0. The van der Waals surface area contributed by atoms with E-state index in [1.165, 1.54) is 37.3 Å². The molecule has 0 spiro atoms. The number of carboxylic acids is 1. The number of carboxylic acid groups (broad SMARTS) is 1. The van der Waals surface area contributed by atoms with Gasteiger partial charge in [-0.1, -0.05) is 18.2 Å². The van der Waals surface area contributed by atoms with Crippen molar-refractivity contribution >= 4 is 11.8 Å². The van der Waals surface area contributed by atoms with Crippen molar-refractivity contribution in [2.45, 2.75) is 6.92 Å². The predicted octanol–water partition coefficient (Wildman–Crippen LogP) is 2.34. The zero-order chi connectivity index (χ0) is 14.9. The molecule has 0 heterocycles. The third kappa shape index (κ3) is 2.21. The van der Waals surface area contributed by atoms with Gasteiger partial charge in [-0.25, -0.2) is 4.79 Å². The Kier molecular flexibility index (Phi) is 3.43. The van der Waals surface area contributed by atoms with Gasteiger partial charge in [-0.15, -0.1) is 0 Å². The number of carbonyl (C=O) groups is 2. The van der Waals surface area contributed by atoms with Crippen LogP contribution in [0.5, 0.6) is 11.5 Å². The fourth-order valence-electron chi connectivity index (χ4n) is 1.89. The fraction of sp³-hybridized carbons (Fsp3) is 0.0667. The first-order valence-corrected chi connectivity index (χ1v) is 5.82. The van der Waals surface area contributed by atoms with Gasteiger partial charge >= 0.3 is 5.97 Å². The van der Waals surface area contributed by atoms with Gasteiger partial charge in [0, 0.05) is 11.1 Å². The van der Waals surface area contributed by atoms with Crippen LogP contribution in [0.3, 0.4) is 0 Å². The molecule has 0 atom stereocenters. The van der Waals surface area contributed by atoms with E-state index in [9.17, 15) is 19.8 Å². The van der Waals surface area contributed by atoms with E-state index in [1.807, 2.05) is 0 Å². The molecule has 3 N–H and O–H groups in total. The molecule has 0 aliphatic heterocycles. The molecule has 0 aromatic heterocycles. The Morgan fingerprint density at radius 3 is 2.10 bits per heavy atom. The number of phenolic OH excluding ortho intramolecular Hbond substituents is 2. The van der Waals surface area contributed by atoms with Crippen molar-refractivity contribution in [2.75, 3.05) is 0 Å². The van der Waals surface area contributed by atoms with Crippen molar-refractivity contribution in [3.8, 4) is 11.5 Å². The molecule has 0 aliphatic carbocycles. The summed E-state index contributed by atoms with van der Waals surface area (Å²) in [5.41, 5.74) is -0.0272. The minimum atomic E-state index is -1.22. The number of aromatic carboxylic acids is 1. The van der Waals surface area contributed by atoms with Crippen LogP contribution in [-0.4, -0.2) is 27.1 Å². The lowest BCUT2D eigenvalue weighted by atomic mass is 9.96. The van der Waals surface area contributed by atoms with E-state index < -0.39 is 11.8 Å². The molecule has 0 unspecified atom stereocenters. The molecule has 0 saturated heterocycles. The number of rotatable bonds is 3. The monoisotopic (exact) mass is 272 g/mol. The Morgan fingerprint density at radius 1 is 0.900 bits per heavy atom. The van der Waals surface area contributed by atoms with E-state index in [2.05, 4.69) is 0 Å². The fourth-order valence-corrected chi connectivity index (χ4v) is 1.89. The maximum atomic E-state index is 12.4. The minimum Gasteiger partial charge on any atom is -0.508 e. The normalized spacial score (nSPS) is 10.2. The lowest BCUT2D eigenvalue weighted by Gasteiger charge is -2.09. The molecule has 0 saturated carbocycles. The van der Waals surface area contributed by atoms with Crippen molar-refractivity contribution in [3.63, 3.8) is 0 Å². The van der Waals surface area contributed by atoms with Gasteiger partial charge in [-0.3, -0.25) is 4.79 Å². The third-order valence-electron chi connectivity index (χ3n) is 3.05. The first-order chi connectivity index (χ1) is 9.43. The highest BCUT2D eigenvalue weighted by molar-refractivity contribution is 6.15. The maximum absolute atomic E-state index is 12.4. The lowest BCUT2D eigenvalue weighted by molar-refractivity contribution is 0.0692. The molecule has 0 radical (unpaired) electrons. The van der Waals surface area contributed by atoms with E-state index in [-0.39, 0.29) is 33.8 Å². The molecule has 2 aromatic carbocycles. The van der Waals surface area contributed by atoms with Gasteiger partial charge in [0.15, 0.2) is 5.78 Å². The van der Waals surface area contributed by atoms with Crippen LogP contribution in [0.4, 0.5) is 0 Å². The van der Waals surface area contributed by atoms with E-state index in [0.717, 1.165) is 0 Å². The molecule has 2 aromatic rings. The number of benzene rings is 2. The highest BCUT2D eigenvalue weighted by Crippen LogP contribution is 2.31. The van der Waals surface area contributed by atoms with Crippen LogP contribution in [0.25, 0.3) is 0 Å². The molecular formula is C15H12O5. The number of aromatic hydroxyl groups is 2. The first kappa shape index (κ1) is 13.6. The molecule has 5 nitrogen and oxygen atoms in total. The Hall–Kier alpha value is -2.82. The van der Waals surface area contributed by atoms with Gasteiger partial charge in [-0.05, 0) is 25.1 Å². The third-order valence-corrected chi connectivity index (χ3v) is 3.05. The second-order valence-electron chi connectivity index (χ2n) is 4.29. The van der Waals surface area contributed by atoms with Gasteiger partial charge < -0.3 is 15.3 Å². The van der Waals surface area contributed by atoms with E-state index >= 15 is 0 Å². The smallest absolute Gasteiger partial charge is 0.336 e. The molecule has 20 heavy (non-hydrogen) atoms. The SMILES string of the molecule is Cc1c(O)ccc(C(=O)c2ccccc2C(=O)O)c1O. The van der Waals surface area contributed by atoms with Crippen molar-refractivity contribution in [1.29, 1.82) is 0 Å². The van der Waals surface area contributed by atoms with Crippen LogP contribution >= 0.6 is 0 Å². The quantitative estimate of drug-likeness (QED) is 0.745. The van der Waals surface area contributed by atoms with E-state index in [4.69, 9.17) is 5.11 Å². The van der Waals surface area contributed by atoms with Crippen molar-refractivity contribution < 1.29 is 24.9 Å². The van der Waals surface area contributed by atoms with E-state index in [1.54, 1.807) is 6.07 Å². The minimum absolute atomic E-state index is 0.0135. The van der Waals surface area contributed by atoms with Crippen molar-refractivity contribution in [1.82, 2.24) is 0 Å². The van der Waals surface area contributed by atoms with Crippen LogP contribution < -0.4 is 0 Å². The zero-order valence-electron chi connectivity index (χ0n) is 10.6. The number of ketones is 1. The van der Waals surface area contributed by atoms with Gasteiger partial charge in [0.2, 0.25) is 0 Å². The summed E-state index contributed by atoms with van der Waals surface area (Å²) in [5, 5.41) is 28.4. The number of hydrogen-bond donors (Lipinski definition) is 3. The standard InChI is InChI=1S/C15H12O5/c1-8-12(16)7-6-11(13(8)17)14(18)9-4-2-3-5-10(9)15(19)20/h2-7,16-17H,1H3,(H,19,20). The van der Waals surface area contributed by atoms with Crippen LogP contribution in [0, 0.1) is 6.92 Å². The van der Waals surface area contributed by atoms with Gasteiger partial charge in [0.05, 0.1) is 11.1 Å². The zero-order valence-corrected chi connectivity index (χ0v) is 10.6. The number of carbonyl (C=O) groups excluding carboxylic acids is 1. The second-order valence-corrected chi connectivity index (χ2v) is 4.29. The summed E-state index contributed by atoms with van der Waals surface area (Å²) in [4.78, 5) is 23.5. The Balaban J connectivity index is 2.58. The summed E-state index contributed by atoms with van der Waals surface area (Å²) in [6.45, 7) is 1.46. The highest BCUT2D eigenvalue weighted by Gasteiger charge is 2.21. The summed E-state index contributed by atoms with van der Waals surface area (Å²) in [6, 6.07) is 8.31. The van der Waals surface area contributed by atoms with Gasteiger partial charge in [-0.2, -0.15) is 0 Å². The molecule has 102 valence electrons. The van der Waals surface area contributed by atoms with Crippen molar-refractivity contribution in [3.05, 3.63) is 58.7 Å². The van der Waals surface area contributed by atoms with Crippen LogP contribution in [0.1, 0.15) is 31.8 Å². The Bertz CT molecular complexity index is 703. The molecule has 0 fully saturated rings. The van der Waals surface area contributed by atoms with Crippen LogP contribution in [0.15, 0.2) is 36.4 Å². The highest BCUT2D eigenvalue weighted by atomic mass is 16.4. The lowest BCUT2D eigenvalue weighted by Crippen LogP contribution is -2.10. The molecule has 0 aliphatic rings. The first-order valence-electron chi connectivity index (χ1n) is 5.82. The molecule has 5 heteroatoms. The summed E-state index contributed by atoms with van der Waals surface area (Å²) in [5.74, 6) is -2.31. The molecule has 2 rings (SSSR count). The Morgan fingerprint density at radius 2 is 1.50 bits per heavy atom. The number of phenols is 2. The topological polar surface area (TPSA) is 94.8 Å². The van der Waals surface area contributed by atoms with Crippen LogP contribution in [0.2, 0.25) is 0 Å². The van der Waals surface area contributed by atoms with Crippen LogP contribution in [-0.2, 0) is 0 Å². The molecule has 0 bridgehead atoms. The average molecular weight is 272 g/mol. The van der Waals surface area contributed by atoms with Gasteiger partial charge in [0.25, 0.3) is 0 Å². The maximum Gasteiger partial charge on any atom is 0.336 e. The average Bonchev–Trinajstić information content (AvgIpc) is 2.44. The van der Waals surface area contributed by atoms with E-state index in [0.29, 0.717) is 0 Å². The second kappa shape index (κ2) is 5.05. The number of hydrogen-bond acceptors (Lipinski definition) is 4. The summed E-state index contributed by atoms with van der Waals surface area (Å²) < 4.78 is 0. The Labute approximate surface area is 114 Å². The molecular weight excluding hydrogens is 260 g/mol. The van der Waals surface area contributed by atoms with Crippen molar-refractivity contribution in [2.24, 2.45) is 0 Å². The summed E-state index contributed by atoms with van der Waals surface area (Å²) >= 11 is 0. The summed E-state index contributed by atoms with van der Waals surface area (Å²) in [6.07, 6.45) is 0. The largest absolute Gasteiger partial charge is 0.508 e. The predicted molar refractivity (Wildman–Crippen MR) is 71.3 cm³/mol. The van der Waals surface area contributed by atoms with Gasteiger partial charge in [0.1, 0.15) is 11.5 Å². The molecule has 0 amide bonds.